The van der Waals surface area contributed by atoms with Crippen LogP contribution in [0.5, 0.6) is 0 Å². The third kappa shape index (κ3) is 4.10. The van der Waals surface area contributed by atoms with Crippen molar-refractivity contribution in [2.45, 2.75) is 26.8 Å². The Hall–Kier alpha value is -3.64. The highest BCUT2D eigenvalue weighted by molar-refractivity contribution is 6.29. The number of hydrogen-bond acceptors (Lipinski definition) is 4. The van der Waals surface area contributed by atoms with Crippen molar-refractivity contribution in [2.75, 3.05) is 5.32 Å². The van der Waals surface area contributed by atoms with Crippen molar-refractivity contribution in [2.24, 2.45) is 7.05 Å². The first-order chi connectivity index (χ1) is 15.7. The predicted molar refractivity (Wildman–Crippen MR) is 132 cm³/mol. The highest BCUT2D eigenvalue weighted by atomic mass is 35.5. The molecular weight excluding hydrogens is 438 g/mol. The summed E-state index contributed by atoms with van der Waals surface area (Å²) in [5, 5.41) is 14.4. The molecule has 4 rings (SSSR count). The molecule has 2 aromatic carbocycles. The molecule has 0 unspecified atom stereocenters. The summed E-state index contributed by atoms with van der Waals surface area (Å²) in [6.45, 7) is 5.90. The van der Waals surface area contributed by atoms with Crippen LogP contribution in [0.15, 0.2) is 59.4 Å². The van der Waals surface area contributed by atoms with Crippen molar-refractivity contribution in [3.63, 3.8) is 0 Å². The monoisotopic (exact) mass is 461 g/mol. The maximum atomic E-state index is 13.4. The van der Waals surface area contributed by atoms with Gasteiger partial charge in [-0.05, 0) is 66.6 Å². The van der Waals surface area contributed by atoms with E-state index in [4.69, 9.17) is 11.6 Å². The number of hydrogen-bond donors (Lipinski definition) is 2. The Bertz CT molecular complexity index is 1450. The largest absolute Gasteiger partial charge is 0.476 e. The van der Waals surface area contributed by atoms with Gasteiger partial charge in [-0.2, -0.15) is 0 Å². The second-order valence-electron chi connectivity index (χ2n) is 8.18. The molecule has 0 bridgehead atoms. The molecule has 0 aliphatic rings. The fraction of sp³-hybridized carbons (Fsp3) is 0.192. The third-order valence-corrected chi connectivity index (χ3v) is 6.07. The molecule has 0 aliphatic heterocycles. The molecule has 1 atom stereocenters. The van der Waals surface area contributed by atoms with Gasteiger partial charge in [0.25, 0.3) is 5.56 Å². The summed E-state index contributed by atoms with van der Waals surface area (Å²) in [7, 11) is 1.79. The third-order valence-electron chi connectivity index (χ3n) is 5.86. The molecule has 2 aromatic heterocycles. The van der Waals surface area contributed by atoms with E-state index in [2.05, 4.69) is 10.3 Å². The van der Waals surface area contributed by atoms with E-state index >= 15 is 0 Å². The van der Waals surface area contributed by atoms with Gasteiger partial charge in [-0.15, -0.1) is 0 Å². The first-order valence-corrected chi connectivity index (χ1v) is 10.9. The summed E-state index contributed by atoms with van der Waals surface area (Å²) in [5.41, 5.74) is 4.78. The summed E-state index contributed by atoms with van der Waals surface area (Å²) >= 11 is 5.90. The molecule has 168 valence electrons. The number of carbonyl (C=O) groups is 1. The van der Waals surface area contributed by atoms with Crippen LogP contribution in [0.4, 0.5) is 5.69 Å². The molecule has 2 N–H and O–H groups in total. The Morgan fingerprint density at radius 3 is 2.48 bits per heavy atom. The minimum Gasteiger partial charge on any atom is -0.476 e. The standard InChI is InChI=1S/C26H24ClN3O3/c1-14-12-18(16(3)28-20-10-11-21(27)29-23(20)26(32)33)22-15(2)24(17-8-6-5-7-9-17)30(4)25(31)19(22)13-14/h5-13,16,28H,1-4H3,(H,32,33)/t16-/m1/s1. The van der Waals surface area contributed by atoms with Gasteiger partial charge in [-0.25, -0.2) is 9.78 Å². The number of aromatic nitrogens is 2. The van der Waals surface area contributed by atoms with E-state index in [-0.39, 0.29) is 22.4 Å². The normalized spacial score (nSPS) is 12.0. The Balaban J connectivity index is 1.94. The Morgan fingerprint density at radius 2 is 1.82 bits per heavy atom. The van der Waals surface area contributed by atoms with Crippen LogP contribution in [0.1, 0.15) is 40.1 Å². The van der Waals surface area contributed by atoms with Gasteiger partial charge in [0, 0.05) is 18.5 Å². The second-order valence-corrected chi connectivity index (χ2v) is 8.57. The number of aromatic carboxylic acids is 1. The molecule has 0 saturated carbocycles. The minimum atomic E-state index is -1.17. The quantitative estimate of drug-likeness (QED) is 0.370. The summed E-state index contributed by atoms with van der Waals surface area (Å²) in [6.07, 6.45) is 0. The first kappa shape index (κ1) is 22.6. The summed E-state index contributed by atoms with van der Waals surface area (Å²) in [5.74, 6) is -1.17. The van der Waals surface area contributed by atoms with E-state index in [1.807, 2.05) is 63.2 Å². The van der Waals surface area contributed by atoms with Crippen molar-refractivity contribution >= 4 is 34.0 Å². The molecule has 0 spiro atoms. The maximum absolute atomic E-state index is 13.4. The lowest BCUT2D eigenvalue weighted by Crippen LogP contribution is -2.22. The zero-order valence-electron chi connectivity index (χ0n) is 18.8. The van der Waals surface area contributed by atoms with E-state index in [0.29, 0.717) is 11.1 Å². The number of fused-ring (bicyclic) bond motifs is 1. The predicted octanol–water partition coefficient (Wildman–Crippen LogP) is 5.74. The van der Waals surface area contributed by atoms with E-state index in [1.165, 1.54) is 0 Å². The Labute approximate surface area is 196 Å². The summed E-state index contributed by atoms with van der Waals surface area (Å²) in [6, 6.07) is 16.6. The molecule has 0 fully saturated rings. The zero-order valence-corrected chi connectivity index (χ0v) is 19.6. The van der Waals surface area contributed by atoms with Gasteiger partial charge >= 0.3 is 5.97 Å². The smallest absolute Gasteiger partial charge is 0.356 e. The van der Waals surface area contributed by atoms with E-state index in [9.17, 15) is 14.7 Å². The molecule has 0 saturated heterocycles. The number of rotatable bonds is 5. The lowest BCUT2D eigenvalue weighted by atomic mass is 9.92. The molecule has 0 amide bonds. The van der Waals surface area contributed by atoms with Crippen molar-refractivity contribution in [3.8, 4) is 11.3 Å². The average molecular weight is 462 g/mol. The Kier molecular flexibility index (Phi) is 5.95. The van der Waals surface area contributed by atoms with Crippen molar-refractivity contribution in [3.05, 3.63) is 92.5 Å². The zero-order chi connectivity index (χ0) is 23.9. The minimum absolute atomic E-state index is 0.0778. The molecule has 7 heteroatoms. The second kappa shape index (κ2) is 8.71. The van der Waals surface area contributed by atoms with Crippen LogP contribution in [0.25, 0.3) is 22.0 Å². The SMILES string of the molecule is Cc1cc([C@@H](C)Nc2ccc(Cl)nc2C(=O)O)c2c(C)c(-c3ccccc3)n(C)c(=O)c2c1. The van der Waals surface area contributed by atoms with Crippen LogP contribution < -0.4 is 10.9 Å². The molecular formula is C26H24ClN3O3. The van der Waals surface area contributed by atoms with Crippen LogP contribution in [0.2, 0.25) is 5.15 Å². The van der Waals surface area contributed by atoms with E-state index in [1.54, 1.807) is 23.7 Å². The van der Waals surface area contributed by atoms with Crippen molar-refractivity contribution in [1.82, 2.24) is 9.55 Å². The van der Waals surface area contributed by atoms with E-state index < -0.39 is 5.97 Å². The molecule has 0 aliphatic carbocycles. The van der Waals surface area contributed by atoms with Gasteiger partial charge in [0.2, 0.25) is 0 Å². The molecule has 0 radical (unpaired) electrons. The van der Waals surface area contributed by atoms with Gasteiger partial charge in [0.15, 0.2) is 5.69 Å². The van der Waals surface area contributed by atoms with Crippen LogP contribution >= 0.6 is 11.6 Å². The molecule has 2 heterocycles. The average Bonchev–Trinajstić information content (AvgIpc) is 2.78. The fourth-order valence-corrected chi connectivity index (χ4v) is 4.57. The fourth-order valence-electron chi connectivity index (χ4n) is 4.43. The molecule has 4 aromatic rings. The van der Waals surface area contributed by atoms with Crippen LogP contribution in [-0.4, -0.2) is 20.6 Å². The molecule has 33 heavy (non-hydrogen) atoms. The van der Waals surface area contributed by atoms with Crippen LogP contribution in [-0.2, 0) is 7.05 Å². The highest BCUT2D eigenvalue weighted by Gasteiger charge is 2.21. The number of halogens is 1. The van der Waals surface area contributed by atoms with Gasteiger partial charge in [0.1, 0.15) is 5.15 Å². The number of anilines is 1. The van der Waals surface area contributed by atoms with Crippen molar-refractivity contribution < 1.29 is 9.90 Å². The maximum Gasteiger partial charge on any atom is 0.356 e. The lowest BCUT2D eigenvalue weighted by molar-refractivity contribution is 0.0691. The number of nitrogens with one attached hydrogen (secondary N) is 1. The van der Waals surface area contributed by atoms with Gasteiger partial charge in [-0.3, -0.25) is 4.79 Å². The van der Waals surface area contributed by atoms with Gasteiger partial charge < -0.3 is 15.0 Å². The number of nitrogens with zero attached hydrogens (tertiary/aromatic N) is 2. The molecule has 6 nitrogen and oxygen atoms in total. The topological polar surface area (TPSA) is 84.2 Å². The number of carboxylic acid groups (broad SMARTS) is 1. The highest BCUT2D eigenvalue weighted by Crippen LogP contribution is 2.34. The van der Waals surface area contributed by atoms with Crippen molar-refractivity contribution in [1.29, 1.82) is 0 Å². The van der Waals surface area contributed by atoms with Crippen LogP contribution in [0.3, 0.4) is 0 Å². The number of carboxylic acids is 1. The van der Waals surface area contributed by atoms with E-state index in [0.717, 1.165) is 33.3 Å². The van der Waals surface area contributed by atoms with Gasteiger partial charge in [0.05, 0.1) is 11.4 Å². The number of benzene rings is 2. The Morgan fingerprint density at radius 1 is 1.12 bits per heavy atom. The summed E-state index contributed by atoms with van der Waals surface area (Å²) in [4.78, 5) is 29.0. The summed E-state index contributed by atoms with van der Waals surface area (Å²) < 4.78 is 1.69. The van der Waals surface area contributed by atoms with Crippen LogP contribution in [0, 0.1) is 13.8 Å². The number of pyridine rings is 2. The number of aryl methyl sites for hydroxylation is 2. The van der Waals surface area contributed by atoms with Gasteiger partial charge in [-0.1, -0.05) is 48.0 Å². The first-order valence-electron chi connectivity index (χ1n) is 10.5. The lowest BCUT2D eigenvalue weighted by Gasteiger charge is -2.23.